The Morgan fingerprint density at radius 1 is 1.21 bits per heavy atom. The van der Waals surface area contributed by atoms with Crippen molar-refractivity contribution in [2.45, 2.75) is 27.7 Å². The molecule has 1 amide bonds. The van der Waals surface area contributed by atoms with Crippen LogP contribution in [0.3, 0.4) is 0 Å². The van der Waals surface area contributed by atoms with Gasteiger partial charge in [0.25, 0.3) is 5.91 Å². The van der Waals surface area contributed by atoms with Crippen LogP contribution in [0.5, 0.6) is 0 Å². The van der Waals surface area contributed by atoms with Gasteiger partial charge in [0.2, 0.25) is 0 Å². The molecule has 1 N–H and O–H groups in total. The number of amides is 1. The summed E-state index contributed by atoms with van der Waals surface area (Å²) in [6.45, 7) is 7.81. The first-order valence-electron chi connectivity index (χ1n) is 7.92. The van der Waals surface area contributed by atoms with Gasteiger partial charge in [-0.25, -0.2) is 4.68 Å². The van der Waals surface area contributed by atoms with E-state index in [0.29, 0.717) is 6.54 Å². The minimum Gasteiger partial charge on any atom is -0.480 e. The summed E-state index contributed by atoms with van der Waals surface area (Å²) in [5, 5.41) is 13.4. The van der Waals surface area contributed by atoms with Crippen molar-refractivity contribution in [1.29, 1.82) is 0 Å². The second-order valence-electron chi connectivity index (χ2n) is 6.39. The van der Waals surface area contributed by atoms with Crippen molar-refractivity contribution < 1.29 is 14.7 Å². The third kappa shape index (κ3) is 4.22. The fourth-order valence-electron chi connectivity index (χ4n) is 2.51. The molecule has 0 bridgehead atoms. The van der Waals surface area contributed by atoms with Crippen LogP contribution in [0.1, 0.15) is 35.6 Å². The first-order valence-corrected chi connectivity index (χ1v) is 7.92. The summed E-state index contributed by atoms with van der Waals surface area (Å²) in [6.07, 6.45) is 0. The number of rotatable bonds is 6. The molecule has 6 heteroatoms. The lowest BCUT2D eigenvalue weighted by Crippen LogP contribution is -2.38. The fraction of sp³-hybridized carbons (Fsp3) is 0.389. The van der Waals surface area contributed by atoms with Gasteiger partial charge in [0.1, 0.15) is 6.54 Å². The third-order valence-corrected chi connectivity index (χ3v) is 3.58. The second kappa shape index (κ2) is 7.29. The van der Waals surface area contributed by atoms with E-state index in [9.17, 15) is 9.59 Å². The van der Waals surface area contributed by atoms with Crippen molar-refractivity contribution in [3.05, 3.63) is 47.3 Å². The number of nitrogens with zero attached hydrogens (tertiary/aromatic N) is 3. The summed E-state index contributed by atoms with van der Waals surface area (Å²) in [4.78, 5) is 25.0. The molecule has 0 aliphatic heterocycles. The van der Waals surface area contributed by atoms with Crippen LogP contribution in [0.2, 0.25) is 0 Å². The van der Waals surface area contributed by atoms with Crippen molar-refractivity contribution in [1.82, 2.24) is 14.7 Å². The summed E-state index contributed by atoms with van der Waals surface area (Å²) in [5.74, 6) is -1.22. The minimum atomic E-state index is -1.03. The number of carboxylic acid groups (broad SMARTS) is 1. The van der Waals surface area contributed by atoms with Crippen molar-refractivity contribution in [3.8, 4) is 5.69 Å². The smallest absolute Gasteiger partial charge is 0.323 e. The summed E-state index contributed by atoms with van der Waals surface area (Å²) in [5.41, 5.74) is 3.09. The number of carboxylic acids is 1. The predicted molar refractivity (Wildman–Crippen MR) is 91.4 cm³/mol. The summed E-state index contributed by atoms with van der Waals surface area (Å²) in [7, 11) is 0. The van der Waals surface area contributed by atoms with Gasteiger partial charge >= 0.3 is 5.97 Å². The molecule has 0 atom stereocenters. The highest BCUT2D eigenvalue weighted by Crippen LogP contribution is 2.15. The summed E-state index contributed by atoms with van der Waals surface area (Å²) >= 11 is 0. The van der Waals surface area contributed by atoms with Gasteiger partial charge in [-0.2, -0.15) is 5.10 Å². The van der Waals surface area contributed by atoms with Crippen LogP contribution in [0.25, 0.3) is 5.69 Å². The zero-order valence-electron chi connectivity index (χ0n) is 14.5. The number of aliphatic carboxylic acids is 1. The van der Waals surface area contributed by atoms with Crippen LogP contribution in [-0.4, -0.2) is 44.8 Å². The first kappa shape index (κ1) is 17.7. The highest BCUT2D eigenvalue weighted by atomic mass is 16.4. The zero-order chi connectivity index (χ0) is 17.9. The SMILES string of the molecule is Cc1ccc(-n2nc(C(=O)N(CC(=O)O)CC(C)C)cc2C)cc1. The Bertz CT molecular complexity index is 732. The van der Waals surface area contributed by atoms with E-state index in [-0.39, 0.29) is 24.1 Å². The standard InChI is InChI=1S/C18H23N3O3/c1-12(2)10-20(11-17(22)23)18(24)16-9-14(4)21(19-16)15-7-5-13(3)6-8-15/h5-9,12H,10-11H2,1-4H3,(H,22,23). The lowest BCUT2D eigenvalue weighted by atomic mass is 10.2. The molecular weight excluding hydrogens is 306 g/mol. The van der Waals surface area contributed by atoms with Gasteiger partial charge in [0.05, 0.1) is 5.69 Å². The Hall–Kier alpha value is -2.63. The first-order chi connectivity index (χ1) is 11.3. The van der Waals surface area contributed by atoms with E-state index in [2.05, 4.69) is 5.10 Å². The molecule has 1 aromatic heterocycles. The Kier molecular flexibility index (Phi) is 5.39. The quantitative estimate of drug-likeness (QED) is 0.884. The topological polar surface area (TPSA) is 75.4 Å². The number of hydrogen-bond acceptors (Lipinski definition) is 3. The Morgan fingerprint density at radius 2 is 1.83 bits per heavy atom. The molecule has 1 aromatic carbocycles. The largest absolute Gasteiger partial charge is 0.480 e. The molecule has 0 saturated carbocycles. The molecule has 128 valence electrons. The molecule has 6 nitrogen and oxygen atoms in total. The highest BCUT2D eigenvalue weighted by Gasteiger charge is 2.22. The number of carbonyl (C=O) groups is 2. The Morgan fingerprint density at radius 3 is 2.38 bits per heavy atom. The Balaban J connectivity index is 2.30. The van der Waals surface area contributed by atoms with Crippen molar-refractivity contribution in [2.24, 2.45) is 5.92 Å². The maximum absolute atomic E-state index is 12.7. The van der Waals surface area contributed by atoms with Crippen molar-refractivity contribution in [3.63, 3.8) is 0 Å². The van der Waals surface area contributed by atoms with Crippen LogP contribution in [0, 0.1) is 19.8 Å². The van der Waals surface area contributed by atoms with Crippen molar-refractivity contribution in [2.75, 3.05) is 13.1 Å². The molecular formula is C18H23N3O3. The van der Waals surface area contributed by atoms with Crippen LogP contribution < -0.4 is 0 Å². The number of aromatic nitrogens is 2. The number of benzene rings is 1. The lowest BCUT2D eigenvalue weighted by Gasteiger charge is -2.21. The molecule has 1 heterocycles. The molecule has 0 radical (unpaired) electrons. The van der Waals surface area contributed by atoms with Gasteiger partial charge in [-0.05, 0) is 38.0 Å². The zero-order valence-corrected chi connectivity index (χ0v) is 14.5. The minimum absolute atomic E-state index is 0.175. The molecule has 0 fully saturated rings. The Labute approximate surface area is 141 Å². The molecule has 2 aromatic rings. The van der Waals surface area contributed by atoms with Crippen LogP contribution in [0.15, 0.2) is 30.3 Å². The highest BCUT2D eigenvalue weighted by molar-refractivity contribution is 5.94. The molecule has 0 unspecified atom stereocenters. The molecule has 24 heavy (non-hydrogen) atoms. The van der Waals surface area contributed by atoms with Crippen molar-refractivity contribution >= 4 is 11.9 Å². The van der Waals surface area contributed by atoms with E-state index >= 15 is 0 Å². The molecule has 0 spiro atoms. The lowest BCUT2D eigenvalue weighted by molar-refractivity contribution is -0.137. The fourth-order valence-corrected chi connectivity index (χ4v) is 2.51. The van der Waals surface area contributed by atoms with Gasteiger partial charge in [-0.15, -0.1) is 0 Å². The molecule has 0 saturated heterocycles. The number of carbonyl (C=O) groups excluding carboxylic acids is 1. The van der Waals surface area contributed by atoms with E-state index in [1.54, 1.807) is 10.7 Å². The van der Waals surface area contributed by atoms with Crippen LogP contribution >= 0.6 is 0 Å². The average molecular weight is 329 g/mol. The molecule has 0 aliphatic rings. The van der Waals surface area contributed by atoms with Gasteiger partial charge < -0.3 is 10.0 Å². The van der Waals surface area contributed by atoms with Crippen LogP contribution in [-0.2, 0) is 4.79 Å². The number of aryl methyl sites for hydroxylation is 2. The van der Waals surface area contributed by atoms with Gasteiger partial charge in [-0.1, -0.05) is 31.5 Å². The van der Waals surface area contributed by atoms with Gasteiger partial charge in [0, 0.05) is 12.2 Å². The van der Waals surface area contributed by atoms with Crippen LogP contribution in [0.4, 0.5) is 0 Å². The van der Waals surface area contributed by atoms with E-state index in [0.717, 1.165) is 16.9 Å². The van der Waals surface area contributed by atoms with E-state index in [1.807, 2.05) is 52.0 Å². The monoisotopic (exact) mass is 329 g/mol. The van der Waals surface area contributed by atoms with E-state index in [4.69, 9.17) is 5.11 Å². The second-order valence-corrected chi connectivity index (χ2v) is 6.39. The maximum Gasteiger partial charge on any atom is 0.323 e. The third-order valence-electron chi connectivity index (χ3n) is 3.58. The number of hydrogen-bond donors (Lipinski definition) is 1. The van der Waals surface area contributed by atoms with E-state index in [1.165, 1.54) is 4.90 Å². The van der Waals surface area contributed by atoms with E-state index < -0.39 is 5.97 Å². The normalized spacial score (nSPS) is 10.9. The molecule has 2 rings (SSSR count). The molecule has 0 aliphatic carbocycles. The van der Waals surface area contributed by atoms with Gasteiger partial charge in [0.15, 0.2) is 5.69 Å². The summed E-state index contributed by atoms with van der Waals surface area (Å²) in [6, 6.07) is 9.53. The predicted octanol–water partition coefficient (Wildman–Crippen LogP) is 2.67. The maximum atomic E-state index is 12.7. The summed E-state index contributed by atoms with van der Waals surface area (Å²) < 4.78 is 1.70. The van der Waals surface area contributed by atoms with Gasteiger partial charge in [-0.3, -0.25) is 9.59 Å². The average Bonchev–Trinajstić information content (AvgIpc) is 2.87.